The van der Waals surface area contributed by atoms with Gasteiger partial charge in [-0.1, -0.05) is 49.7 Å². The third-order valence-corrected chi connectivity index (χ3v) is 7.07. The van der Waals surface area contributed by atoms with Gasteiger partial charge >= 0.3 is 0 Å². The van der Waals surface area contributed by atoms with E-state index in [2.05, 4.69) is 50.1 Å². The second-order valence-electron chi connectivity index (χ2n) is 9.87. The summed E-state index contributed by atoms with van der Waals surface area (Å²) >= 11 is 6.12. The Morgan fingerprint density at radius 1 is 1.06 bits per heavy atom. The van der Waals surface area contributed by atoms with E-state index in [1.54, 1.807) is 0 Å². The van der Waals surface area contributed by atoms with Crippen LogP contribution in [0.3, 0.4) is 0 Å². The molecule has 0 saturated carbocycles. The molecule has 2 fully saturated rings. The van der Waals surface area contributed by atoms with Crippen LogP contribution in [0.2, 0.25) is 5.02 Å². The maximum Gasteiger partial charge on any atom is 0.249 e. The van der Waals surface area contributed by atoms with Gasteiger partial charge in [0.1, 0.15) is 12.4 Å². The fraction of sp³-hybridized carbons (Fsp3) is 0.519. The number of piperidine rings is 1. The van der Waals surface area contributed by atoms with E-state index < -0.39 is 0 Å². The molecule has 0 aromatic heterocycles. The van der Waals surface area contributed by atoms with Crippen LogP contribution in [0.1, 0.15) is 37.8 Å². The van der Waals surface area contributed by atoms with Crippen LogP contribution in [0.4, 0.5) is 0 Å². The molecule has 0 bridgehead atoms. The van der Waals surface area contributed by atoms with Crippen molar-refractivity contribution in [2.75, 3.05) is 33.4 Å². The first kappa shape index (κ1) is 24.1. The van der Waals surface area contributed by atoms with Crippen molar-refractivity contribution in [3.63, 3.8) is 0 Å². The van der Waals surface area contributed by atoms with Gasteiger partial charge in [-0.05, 0) is 67.6 Å². The summed E-state index contributed by atoms with van der Waals surface area (Å²) < 4.78 is 12.2. The molecular weight excluding hydrogens is 436 g/mol. The zero-order chi connectivity index (χ0) is 23.4. The molecule has 2 aliphatic heterocycles. The summed E-state index contributed by atoms with van der Waals surface area (Å²) in [6, 6.07) is 16.1. The minimum atomic E-state index is -0.319. The van der Waals surface area contributed by atoms with Crippen molar-refractivity contribution in [3.8, 4) is 5.75 Å². The number of carbonyl (C=O) groups excluding carboxylic acids is 1. The number of ether oxygens (including phenoxy) is 2. The number of morpholine rings is 1. The topological polar surface area (TPSA) is 42.0 Å². The minimum absolute atomic E-state index is 0.0227. The van der Waals surface area contributed by atoms with Gasteiger partial charge in [-0.3, -0.25) is 4.79 Å². The van der Waals surface area contributed by atoms with Crippen LogP contribution in [0.25, 0.3) is 0 Å². The van der Waals surface area contributed by atoms with Crippen molar-refractivity contribution < 1.29 is 14.3 Å². The molecule has 1 spiro atoms. The lowest BCUT2D eigenvalue weighted by atomic mass is 9.79. The monoisotopic (exact) mass is 470 g/mol. The van der Waals surface area contributed by atoms with E-state index in [1.165, 1.54) is 5.56 Å². The Morgan fingerprint density at radius 2 is 1.70 bits per heavy atom. The highest BCUT2D eigenvalue weighted by Gasteiger charge is 2.49. The third kappa shape index (κ3) is 5.89. The van der Waals surface area contributed by atoms with Gasteiger partial charge in [-0.15, -0.1) is 0 Å². The standard InChI is InChI=1S/C27H35ClN2O3/c1-20(2)18-32-24-10-6-22(7-11-24)17-30-25(16-21-4-8-23(28)9-5-21)27(33-19-26(30)31)12-14-29(3)15-13-27/h4-11,20,25H,12-19H2,1-3H3. The average molecular weight is 471 g/mol. The lowest BCUT2D eigenvalue weighted by Crippen LogP contribution is -2.65. The Kier molecular flexibility index (Phi) is 7.62. The second kappa shape index (κ2) is 10.5. The van der Waals surface area contributed by atoms with E-state index in [-0.39, 0.29) is 24.2 Å². The molecule has 178 valence electrons. The number of benzene rings is 2. The number of likely N-dealkylation sites (tertiary alicyclic amines) is 1. The summed E-state index contributed by atoms with van der Waals surface area (Å²) in [5.74, 6) is 1.40. The van der Waals surface area contributed by atoms with Crippen LogP contribution in [-0.4, -0.2) is 60.7 Å². The number of carbonyl (C=O) groups is 1. The summed E-state index contributed by atoms with van der Waals surface area (Å²) in [5.41, 5.74) is 1.95. The average Bonchev–Trinajstić information content (AvgIpc) is 2.81. The summed E-state index contributed by atoms with van der Waals surface area (Å²) in [7, 11) is 2.15. The number of halogens is 1. The van der Waals surface area contributed by atoms with Gasteiger partial charge in [-0.2, -0.15) is 0 Å². The minimum Gasteiger partial charge on any atom is -0.493 e. The van der Waals surface area contributed by atoms with E-state index in [9.17, 15) is 4.79 Å². The van der Waals surface area contributed by atoms with Crippen molar-refractivity contribution in [1.29, 1.82) is 0 Å². The number of rotatable bonds is 7. The molecular formula is C27H35ClN2O3. The van der Waals surface area contributed by atoms with Crippen molar-refractivity contribution in [1.82, 2.24) is 9.80 Å². The maximum atomic E-state index is 13.1. The molecule has 2 aromatic rings. The van der Waals surface area contributed by atoms with Crippen LogP contribution >= 0.6 is 11.6 Å². The van der Waals surface area contributed by atoms with Gasteiger partial charge in [0, 0.05) is 24.7 Å². The quantitative estimate of drug-likeness (QED) is 0.582. The highest BCUT2D eigenvalue weighted by Crippen LogP contribution is 2.38. The Bertz CT molecular complexity index is 921. The Hall–Kier alpha value is -2.08. The zero-order valence-electron chi connectivity index (χ0n) is 19.9. The Balaban J connectivity index is 1.57. The second-order valence-corrected chi connectivity index (χ2v) is 10.3. The van der Waals surface area contributed by atoms with Gasteiger partial charge in [0.2, 0.25) is 5.91 Å². The SMILES string of the molecule is CC(C)COc1ccc(CN2C(=O)COC3(CCN(C)CC3)C2Cc2ccc(Cl)cc2)cc1. The highest BCUT2D eigenvalue weighted by atomic mass is 35.5. The molecule has 5 nitrogen and oxygen atoms in total. The van der Waals surface area contributed by atoms with Gasteiger partial charge in [0.15, 0.2) is 0 Å². The first-order valence-electron chi connectivity index (χ1n) is 11.9. The highest BCUT2D eigenvalue weighted by molar-refractivity contribution is 6.30. The van der Waals surface area contributed by atoms with Crippen LogP contribution in [-0.2, 0) is 22.5 Å². The summed E-state index contributed by atoms with van der Waals surface area (Å²) in [6.45, 7) is 7.64. The van der Waals surface area contributed by atoms with Crippen LogP contribution < -0.4 is 4.74 Å². The molecule has 1 amide bonds. The molecule has 2 saturated heterocycles. The van der Waals surface area contributed by atoms with Crippen molar-refractivity contribution >= 4 is 17.5 Å². The molecule has 0 radical (unpaired) electrons. The fourth-order valence-corrected chi connectivity index (χ4v) is 4.93. The molecule has 2 aliphatic rings. The van der Waals surface area contributed by atoms with E-state index in [4.69, 9.17) is 21.1 Å². The van der Waals surface area contributed by atoms with E-state index >= 15 is 0 Å². The van der Waals surface area contributed by atoms with Crippen LogP contribution in [0.5, 0.6) is 5.75 Å². The Morgan fingerprint density at radius 3 is 2.33 bits per heavy atom. The lowest BCUT2D eigenvalue weighted by Gasteiger charge is -2.52. The first-order valence-corrected chi connectivity index (χ1v) is 12.3. The van der Waals surface area contributed by atoms with Crippen molar-refractivity contribution in [2.24, 2.45) is 5.92 Å². The molecule has 33 heavy (non-hydrogen) atoms. The molecule has 6 heteroatoms. The van der Waals surface area contributed by atoms with Crippen molar-refractivity contribution in [2.45, 2.75) is 51.3 Å². The number of hydrogen-bond donors (Lipinski definition) is 0. The lowest BCUT2D eigenvalue weighted by molar-refractivity contribution is -0.189. The number of nitrogens with zero attached hydrogens (tertiary/aromatic N) is 2. The molecule has 2 heterocycles. The zero-order valence-corrected chi connectivity index (χ0v) is 20.7. The fourth-order valence-electron chi connectivity index (χ4n) is 4.81. The van der Waals surface area contributed by atoms with Crippen LogP contribution in [0.15, 0.2) is 48.5 Å². The predicted molar refractivity (Wildman–Crippen MR) is 132 cm³/mol. The maximum absolute atomic E-state index is 13.1. The van der Waals surface area contributed by atoms with Gasteiger partial charge in [-0.25, -0.2) is 0 Å². The van der Waals surface area contributed by atoms with E-state index in [1.807, 2.05) is 29.2 Å². The molecule has 1 unspecified atom stereocenters. The first-order chi connectivity index (χ1) is 15.8. The molecule has 2 aromatic carbocycles. The van der Waals surface area contributed by atoms with Gasteiger partial charge in [0.25, 0.3) is 0 Å². The van der Waals surface area contributed by atoms with Crippen LogP contribution in [0, 0.1) is 5.92 Å². The van der Waals surface area contributed by atoms with E-state index in [0.717, 1.165) is 48.7 Å². The molecule has 4 rings (SSSR count). The predicted octanol–water partition coefficient (Wildman–Crippen LogP) is 4.81. The smallest absolute Gasteiger partial charge is 0.249 e. The van der Waals surface area contributed by atoms with Gasteiger partial charge < -0.3 is 19.3 Å². The number of amides is 1. The normalized spacial score (nSPS) is 21.1. The molecule has 0 N–H and O–H groups in total. The molecule has 1 atom stereocenters. The summed E-state index contributed by atoms with van der Waals surface area (Å²) in [6.07, 6.45) is 2.60. The number of hydrogen-bond acceptors (Lipinski definition) is 4. The van der Waals surface area contributed by atoms with E-state index in [0.29, 0.717) is 19.1 Å². The van der Waals surface area contributed by atoms with Crippen molar-refractivity contribution in [3.05, 3.63) is 64.7 Å². The summed E-state index contributed by atoms with van der Waals surface area (Å²) in [5, 5.41) is 0.723. The Labute approximate surface area is 202 Å². The third-order valence-electron chi connectivity index (χ3n) is 6.82. The summed E-state index contributed by atoms with van der Waals surface area (Å²) in [4.78, 5) is 17.5. The largest absolute Gasteiger partial charge is 0.493 e. The van der Waals surface area contributed by atoms with Gasteiger partial charge in [0.05, 0.1) is 18.2 Å². The molecule has 0 aliphatic carbocycles.